The molecule has 0 aliphatic heterocycles. The van der Waals surface area contributed by atoms with Crippen molar-refractivity contribution in [3.05, 3.63) is 0 Å². The Kier molecular flexibility index (Phi) is 4.17. The number of alkyl halides is 3. The van der Waals surface area contributed by atoms with E-state index in [1.165, 1.54) is 0 Å². The summed E-state index contributed by atoms with van der Waals surface area (Å²) in [4.78, 5) is 0. The van der Waals surface area contributed by atoms with Crippen molar-refractivity contribution in [1.82, 2.24) is 0 Å². The molecule has 0 aromatic heterocycles. The first-order valence-electron chi connectivity index (χ1n) is 2.30. The molecule has 9 heavy (non-hydrogen) atoms. The lowest BCUT2D eigenvalue weighted by Gasteiger charge is -2.18. The van der Waals surface area contributed by atoms with Gasteiger partial charge in [-0.25, -0.2) is 0 Å². The SMILES string of the molecule is OCC(CO)C(Cl)(Cl)Cl. The molecular formula is C4H7Cl3O2. The maximum atomic E-state index is 8.45. The molecule has 2 nitrogen and oxygen atoms in total. The van der Waals surface area contributed by atoms with Crippen LogP contribution >= 0.6 is 34.8 Å². The van der Waals surface area contributed by atoms with Crippen molar-refractivity contribution >= 4 is 34.8 Å². The van der Waals surface area contributed by atoms with Crippen LogP contribution in [0.25, 0.3) is 0 Å². The van der Waals surface area contributed by atoms with E-state index in [2.05, 4.69) is 0 Å². The summed E-state index contributed by atoms with van der Waals surface area (Å²) in [5.41, 5.74) is 0. The first-order chi connectivity index (χ1) is 4.02. The third-order valence-electron chi connectivity index (χ3n) is 0.904. The minimum absolute atomic E-state index is 0.326. The summed E-state index contributed by atoms with van der Waals surface area (Å²) in [6.45, 7) is -0.653. The molecule has 0 saturated heterocycles. The number of aliphatic hydroxyl groups excluding tert-OH is 2. The third kappa shape index (κ3) is 3.48. The molecule has 0 aromatic rings. The summed E-state index contributed by atoms with van der Waals surface area (Å²) in [5, 5.41) is 16.9. The number of aliphatic hydroxyl groups is 2. The molecule has 0 aliphatic carbocycles. The zero-order chi connectivity index (χ0) is 7.49. The molecule has 0 atom stereocenters. The van der Waals surface area contributed by atoms with Crippen molar-refractivity contribution in [1.29, 1.82) is 0 Å². The summed E-state index contributed by atoms with van der Waals surface area (Å²) < 4.78 is -1.57. The Labute approximate surface area is 68.3 Å². The molecule has 0 saturated carbocycles. The maximum absolute atomic E-state index is 8.45. The van der Waals surface area contributed by atoms with Gasteiger partial charge in [0.1, 0.15) is 0 Å². The van der Waals surface area contributed by atoms with Gasteiger partial charge in [0, 0.05) is 0 Å². The normalized spacial score (nSPS) is 12.7. The summed E-state index contributed by atoms with van der Waals surface area (Å²) in [5.74, 6) is -0.692. The van der Waals surface area contributed by atoms with E-state index in [-0.39, 0.29) is 13.2 Å². The Balaban J connectivity index is 3.79. The van der Waals surface area contributed by atoms with Gasteiger partial charge in [-0.15, -0.1) is 0 Å². The van der Waals surface area contributed by atoms with Crippen molar-refractivity contribution in [2.45, 2.75) is 3.79 Å². The van der Waals surface area contributed by atoms with E-state index in [0.29, 0.717) is 0 Å². The molecule has 0 radical (unpaired) electrons. The molecule has 0 bridgehead atoms. The van der Waals surface area contributed by atoms with E-state index in [1.807, 2.05) is 0 Å². The molecule has 0 aliphatic rings. The van der Waals surface area contributed by atoms with Gasteiger partial charge in [-0.3, -0.25) is 0 Å². The van der Waals surface area contributed by atoms with Crippen LogP contribution in [-0.2, 0) is 0 Å². The van der Waals surface area contributed by atoms with Crippen LogP contribution < -0.4 is 0 Å². The van der Waals surface area contributed by atoms with Crippen LogP contribution in [0.4, 0.5) is 0 Å². The molecule has 0 unspecified atom stereocenters. The van der Waals surface area contributed by atoms with Crippen molar-refractivity contribution in [2.75, 3.05) is 13.2 Å². The highest BCUT2D eigenvalue weighted by molar-refractivity contribution is 6.67. The number of hydrogen-bond acceptors (Lipinski definition) is 2. The first kappa shape index (κ1) is 9.79. The van der Waals surface area contributed by atoms with E-state index >= 15 is 0 Å². The lowest BCUT2D eigenvalue weighted by atomic mass is 10.2. The Morgan fingerprint density at radius 1 is 1.11 bits per heavy atom. The second kappa shape index (κ2) is 3.84. The monoisotopic (exact) mass is 192 g/mol. The molecule has 0 rings (SSSR count). The van der Waals surface area contributed by atoms with Crippen LogP contribution in [-0.4, -0.2) is 27.2 Å². The zero-order valence-electron chi connectivity index (χ0n) is 4.52. The molecular weight excluding hydrogens is 186 g/mol. The summed E-state index contributed by atoms with van der Waals surface area (Å²) in [6.07, 6.45) is 0. The highest BCUT2D eigenvalue weighted by Gasteiger charge is 2.30. The maximum Gasteiger partial charge on any atom is 0.197 e. The van der Waals surface area contributed by atoms with Gasteiger partial charge in [0.25, 0.3) is 0 Å². The standard InChI is InChI=1S/C4H7Cl3O2/c5-4(6,7)3(1-8)2-9/h3,8-9H,1-2H2. The molecule has 5 heteroatoms. The van der Waals surface area contributed by atoms with Crippen molar-refractivity contribution in [2.24, 2.45) is 5.92 Å². The Morgan fingerprint density at radius 2 is 1.44 bits per heavy atom. The van der Waals surface area contributed by atoms with Gasteiger partial charge in [-0.2, -0.15) is 0 Å². The van der Waals surface area contributed by atoms with Crippen molar-refractivity contribution < 1.29 is 10.2 Å². The van der Waals surface area contributed by atoms with E-state index in [1.54, 1.807) is 0 Å². The fourth-order valence-electron chi connectivity index (χ4n) is 0.265. The number of halogens is 3. The Morgan fingerprint density at radius 3 is 1.44 bits per heavy atom. The van der Waals surface area contributed by atoms with Gasteiger partial charge in [-0.05, 0) is 0 Å². The highest BCUT2D eigenvalue weighted by Crippen LogP contribution is 2.34. The fraction of sp³-hybridized carbons (Fsp3) is 1.00. The van der Waals surface area contributed by atoms with Gasteiger partial charge in [0.15, 0.2) is 3.79 Å². The topological polar surface area (TPSA) is 40.5 Å². The van der Waals surface area contributed by atoms with E-state index in [0.717, 1.165) is 0 Å². The van der Waals surface area contributed by atoms with E-state index in [9.17, 15) is 0 Å². The average Bonchev–Trinajstić information content (AvgIpc) is 1.65. The van der Waals surface area contributed by atoms with Crippen LogP contribution in [0.5, 0.6) is 0 Å². The van der Waals surface area contributed by atoms with Crippen LogP contribution in [0.1, 0.15) is 0 Å². The second-order valence-electron chi connectivity index (χ2n) is 1.60. The lowest BCUT2D eigenvalue weighted by Crippen LogP contribution is -2.26. The molecule has 2 N–H and O–H groups in total. The predicted octanol–water partition coefficient (Wildman–Crippen LogP) is 0.957. The van der Waals surface area contributed by atoms with E-state index in [4.69, 9.17) is 45.0 Å². The van der Waals surface area contributed by atoms with Gasteiger partial charge in [-0.1, -0.05) is 34.8 Å². The smallest absolute Gasteiger partial charge is 0.197 e. The summed E-state index contributed by atoms with van der Waals surface area (Å²) >= 11 is 15.9. The highest BCUT2D eigenvalue weighted by atomic mass is 35.6. The Hall–Kier alpha value is 0.790. The van der Waals surface area contributed by atoms with E-state index < -0.39 is 9.71 Å². The largest absolute Gasteiger partial charge is 0.396 e. The molecule has 0 heterocycles. The molecule has 0 amide bonds. The summed E-state index contributed by atoms with van der Waals surface area (Å²) in [7, 11) is 0. The number of hydrogen-bond donors (Lipinski definition) is 2. The lowest BCUT2D eigenvalue weighted by molar-refractivity contribution is 0.152. The quantitative estimate of drug-likeness (QED) is 0.641. The minimum atomic E-state index is -1.57. The second-order valence-corrected chi connectivity index (χ2v) is 3.97. The predicted molar refractivity (Wildman–Crippen MR) is 38.0 cm³/mol. The molecule has 56 valence electrons. The first-order valence-corrected chi connectivity index (χ1v) is 3.44. The van der Waals surface area contributed by atoms with Crippen LogP contribution in [0.15, 0.2) is 0 Å². The minimum Gasteiger partial charge on any atom is -0.396 e. The van der Waals surface area contributed by atoms with Crippen LogP contribution in [0, 0.1) is 5.92 Å². The van der Waals surface area contributed by atoms with Crippen molar-refractivity contribution in [3.63, 3.8) is 0 Å². The van der Waals surface area contributed by atoms with Crippen molar-refractivity contribution in [3.8, 4) is 0 Å². The average molecular weight is 193 g/mol. The fourth-order valence-corrected chi connectivity index (χ4v) is 0.679. The molecule has 0 spiro atoms. The zero-order valence-corrected chi connectivity index (χ0v) is 6.79. The molecule has 0 fully saturated rings. The molecule has 0 aromatic carbocycles. The van der Waals surface area contributed by atoms with Gasteiger partial charge in [0.2, 0.25) is 0 Å². The third-order valence-corrected chi connectivity index (χ3v) is 1.83. The van der Waals surface area contributed by atoms with Crippen LogP contribution in [0.3, 0.4) is 0 Å². The van der Waals surface area contributed by atoms with Gasteiger partial charge >= 0.3 is 0 Å². The number of rotatable bonds is 2. The van der Waals surface area contributed by atoms with Gasteiger partial charge in [0.05, 0.1) is 19.1 Å². The van der Waals surface area contributed by atoms with Gasteiger partial charge < -0.3 is 10.2 Å². The Bertz CT molecular complexity index is 76.4. The summed E-state index contributed by atoms with van der Waals surface area (Å²) in [6, 6.07) is 0. The van der Waals surface area contributed by atoms with Crippen LogP contribution in [0.2, 0.25) is 0 Å².